The van der Waals surface area contributed by atoms with E-state index < -0.39 is 0 Å². The Morgan fingerprint density at radius 3 is 2.74 bits per heavy atom. The normalized spacial score (nSPS) is 22.5. The molecule has 3 heterocycles. The molecule has 1 aromatic carbocycles. The van der Waals surface area contributed by atoms with Crippen LogP contribution in [0.5, 0.6) is 0 Å². The number of nitrogens with one attached hydrogen (secondary N) is 1. The van der Waals surface area contributed by atoms with Crippen molar-refractivity contribution in [1.82, 2.24) is 10.3 Å². The van der Waals surface area contributed by atoms with Crippen LogP contribution < -0.4 is 10.2 Å². The van der Waals surface area contributed by atoms with Crippen molar-refractivity contribution >= 4 is 16.6 Å². The number of para-hydroxylation sites is 1. The fourth-order valence-corrected chi connectivity index (χ4v) is 4.30. The second kappa shape index (κ2) is 6.48. The fraction of sp³-hybridized carbons (Fsp3) is 0.550. The molecule has 23 heavy (non-hydrogen) atoms. The van der Waals surface area contributed by atoms with Gasteiger partial charge in [0, 0.05) is 35.8 Å². The van der Waals surface area contributed by atoms with Gasteiger partial charge in [0.1, 0.15) is 0 Å². The Balaban J connectivity index is 1.89. The summed E-state index contributed by atoms with van der Waals surface area (Å²) in [4.78, 5) is 7.56. The first kappa shape index (κ1) is 14.9. The van der Waals surface area contributed by atoms with Crippen molar-refractivity contribution in [2.24, 2.45) is 0 Å². The van der Waals surface area contributed by atoms with Crippen molar-refractivity contribution in [3.63, 3.8) is 0 Å². The van der Waals surface area contributed by atoms with Crippen molar-refractivity contribution in [1.29, 1.82) is 0 Å². The Morgan fingerprint density at radius 2 is 1.87 bits per heavy atom. The van der Waals surface area contributed by atoms with Crippen LogP contribution in [0.1, 0.15) is 55.8 Å². The highest BCUT2D eigenvalue weighted by molar-refractivity contribution is 5.94. The monoisotopic (exact) mass is 309 g/mol. The van der Waals surface area contributed by atoms with Gasteiger partial charge in [-0.25, -0.2) is 0 Å². The van der Waals surface area contributed by atoms with Gasteiger partial charge in [0.15, 0.2) is 0 Å². The van der Waals surface area contributed by atoms with Crippen LogP contribution in [0.15, 0.2) is 24.3 Å². The topological polar surface area (TPSA) is 28.2 Å². The molecule has 4 rings (SSSR count). The van der Waals surface area contributed by atoms with Crippen molar-refractivity contribution < 1.29 is 0 Å². The molecule has 3 heteroatoms. The molecule has 0 bridgehead atoms. The molecule has 0 aliphatic carbocycles. The summed E-state index contributed by atoms with van der Waals surface area (Å²) in [7, 11) is 0. The van der Waals surface area contributed by atoms with Crippen LogP contribution in [0, 0.1) is 6.92 Å². The number of anilines is 1. The van der Waals surface area contributed by atoms with Gasteiger partial charge in [-0.15, -0.1) is 0 Å². The summed E-state index contributed by atoms with van der Waals surface area (Å²) < 4.78 is 0. The predicted octanol–water partition coefficient (Wildman–Crippen LogP) is 4.35. The molecular weight excluding hydrogens is 282 g/mol. The molecule has 2 aliphatic rings. The van der Waals surface area contributed by atoms with Crippen LogP contribution in [0.25, 0.3) is 10.9 Å². The van der Waals surface area contributed by atoms with E-state index in [0.717, 1.165) is 12.1 Å². The minimum absolute atomic E-state index is 0.463. The molecule has 0 saturated carbocycles. The summed E-state index contributed by atoms with van der Waals surface area (Å²) in [6, 6.07) is 9.14. The molecule has 2 saturated heterocycles. The van der Waals surface area contributed by atoms with E-state index in [-0.39, 0.29) is 0 Å². The van der Waals surface area contributed by atoms with Gasteiger partial charge in [-0.05, 0) is 45.2 Å². The molecule has 2 aromatic rings. The highest BCUT2D eigenvalue weighted by Gasteiger charge is 2.26. The summed E-state index contributed by atoms with van der Waals surface area (Å²) in [5.74, 6) is 0. The van der Waals surface area contributed by atoms with Gasteiger partial charge in [0.25, 0.3) is 0 Å². The number of fused-ring (bicyclic) bond motifs is 1. The largest absolute Gasteiger partial charge is 0.371 e. The number of aryl methyl sites for hydroxylation is 1. The number of hydrogen-bond acceptors (Lipinski definition) is 3. The van der Waals surface area contributed by atoms with Gasteiger partial charge in [-0.2, -0.15) is 0 Å². The third kappa shape index (κ3) is 2.83. The maximum absolute atomic E-state index is 4.95. The molecule has 2 aliphatic heterocycles. The molecule has 2 fully saturated rings. The standard InChI is InChI=1S/C20H27N3/c1-15-19(18-11-3-2-6-12-21-18)20(23-13-7-8-14-23)16-9-4-5-10-17(16)22-15/h4-5,9-10,18,21H,2-3,6-8,11-14H2,1H3. The van der Waals surface area contributed by atoms with E-state index in [4.69, 9.17) is 4.98 Å². The lowest BCUT2D eigenvalue weighted by molar-refractivity contribution is 0.530. The van der Waals surface area contributed by atoms with E-state index in [2.05, 4.69) is 41.4 Å². The smallest absolute Gasteiger partial charge is 0.0726 e. The molecule has 1 unspecified atom stereocenters. The van der Waals surface area contributed by atoms with Gasteiger partial charge in [-0.1, -0.05) is 31.0 Å². The van der Waals surface area contributed by atoms with E-state index in [1.165, 1.54) is 73.9 Å². The zero-order valence-corrected chi connectivity index (χ0v) is 14.1. The molecule has 1 aromatic heterocycles. The predicted molar refractivity (Wildman–Crippen MR) is 97.1 cm³/mol. The van der Waals surface area contributed by atoms with E-state index in [1.807, 2.05) is 0 Å². The van der Waals surface area contributed by atoms with Gasteiger partial charge in [0.2, 0.25) is 0 Å². The molecule has 0 spiro atoms. The first-order valence-corrected chi connectivity index (χ1v) is 9.22. The lowest BCUT2D eigenvalue weighted by Crippen LogP contribution is -2.27. The van der Waals surface area contributed by atoms with Gasteiger partial charge in [-0.3, -0.25) is 4.98 Å². The quantitative estimate of drug-likeness (QED) is 0.894. The van der Waals surface area contributed by atoms with Crippen LogP contribution in [-0.2, 0) is 0 Å². The Kier molecular flexibility index (Phi) is 4.21. The average Bonchev–Trinajstić information content (AvgIpc) is 2.96. The Bertz CT molecular complexity index is 681. The van der Waals surface area contributed by atoms with E-state index in [9.17, 15) is 0 Å². The highest BCUT2D eigenvalue weighted by atomic mass is 15.2. The second-order valence-electron chi connectivity index (χ2n) is 7.03. The number of benzene rings is 1. The van der Waals surface area contributed by atoms with Crippen molar-refractivity contribution in [2.75, 3.05) is 24.5 Å². The molecule has 1 atom stereocenters. The SMILES string of the molecule is Cc1nc2ccccc2c(N2CCCC2)c1C1CCCCCN1. The lowest BCUT2D eigenvalue weighted by atomic mass is 9.95. The minimum atomic E-state index is 0.463. The number of rotatable bonds is 2. The van der Waals surface area contributed by atoms with Gasteiger partial charge in [0.05, 0.1) is 11.2 Å². The van der Waals surface area contributed by atoms with Crippen LogP contribution in [0.3, 0.4) is 0 Å². The molecule has 3 nitrogen and oxygen atoms in total. The first-order valence-electron chi connectivity index (χ1n) is 9.22. The molecule has 1 N–H and O–H groups in total. The Morgan fingerprint density at radius 1 is 1.04 bits per heavy atom. The van der Waals surface area contributed by atoms with Crippen LogP contribution in [0.4, 0.5) is 5.69 Å². The van der Waals surface area contributed by atoms with E-state index in [0.29, 0.717) is 6.04 Å². The number of aromatic nitrogens is 1. The summed E-state index contributed by atoms with van der Waals surface area (Å²) in [5.41, 5.74) is 5.28. The number of pyridine rings is 1. The average molecular weight is 309 g/mol. The summed E-state index contributed by atoms with van der Waals surface area (Å²) in [6.45, 7) is 5.71. The first-order chi connectivity index (χ1) is 11.3. The van der Waals surface area contributed by atoms with Crippen LogP contribution >= 0.6 is 0 Å². The maximum atomic E-state index is 4.95. The zero-order valence-electron chi connectivity index (χ0n) is 14.1. The number of nitrogens with zero attached hydrogens (tertiary/aromatic N) is 2. The van der Waals surface area contributed by atoms with Crippen molar-refractivity contribution in [3.8, 4) is 0 Å². The van der Waals surface area contributed by atoms with Crippen molar-refractivity contribution in [3.05, 3.63) is 35.5 Å². The van der Waals surface area contributed by atoms with Crippen molar-refractivity contribution in [2.45, 2.75) is 51.5 Å². The Labute approximate surface area is 139 Å². The molecule has 122 valence electrons. The minimum Gasteiger partial charge on any atom is -0.371 e. The maximum Gasteiger partial charge on any atom is 0.0726 e. The molecule has 0 radical (unpaired) electrons. The fourth-order valence-electron chi connectivity index (χ4n) is 4.30. The molecule has 0 amide bonds. The summed E-state index contributed by atoms with van der Waals surface area (Å²) >= 11 is 0. The summed E-state index contributed by atoms with van der Waals surface area (Å²) in [6.07, 6.45) is 7.84. The number of hydrogen-bond donors (Lipinski definition) is 1. The van der Waals surface area contributed by atoms with Crippen LogP contribution in [-0.4, -0.2) is 24.6 Å². The lowest BCUT2D eigenvalue weighted by Gasteiger charge is -2.29. The second-order valence-corrected chi connectivity index (χ2v) is 7.03. The zero-order chi connectivity index (χ0) is 15.6. The van der Waals surface area contributed by atoms with Gasteiger partial charge >= 0.3 is 0 Å². The van der Waals surface area contributed by atoms with E-state index >= 15 is 0 Å². The van der Waals surface area contributed by atoms with Crippen LogP contribution in [0.2, 0.25) is 0 Å². The Hall–Kier alpha value is -1.61. The highest BCUT2D eigenvalue weighted by Crippen LogP contribution is 2.39. The molecular formula is C20H27N3. The third-order valence-corrected chi connectivity index (χ3v) is 5.42. The van der Waals surface area contributed by atoms with Gasteiger partial charge < -0.3 is 10.2 Å². The van der Waals surface area contributed by atoms with E-state index in [1.54, 1.807) is 0 Å². The third-order valence-electron chi connectivity index (χ3n) is 5.42. The summed E-state index contributed by atoms with van der Waals surface area (Å²) in [5, 5.41) is 5.13.